The first-order chi connectivity index (χ1) is 11.0. The highest BCUT2D eigenvalue weighted by Crippen LogP contribution is 2.33. The van der Waals surface area contributed by atoms with Gasteiger partial charge in [-0.25, -0.2) is 0 Å². The third-order valence-electron chi connectivity index (χ3n) is 3.95. The lowest BCUT2D eigenvalue weighted by Gasteiger charge is -2.33. The van der Waals surface area contributed by atoms with E-state index in [9.17, 15) is 8.42 Å². The van der Waals surface area contributed by atoms with Gasteiger partial charge in [-0.3, -0.25) is 15.0 Å². The van der Waals surface area contributed by atoms with Gasteiger partial charge < -0.3 is 0 Å². The summed E-state index contributed by atoms with van der Waals surface area (Å²) in [6, 6.07) is 0. The molecular formula is C14H19N5O2S2. The molecule has 0 saturated carbocycles. The Kier molecular flexibility index (Phi) is 4.72. The van der Waals surface area contributed by atoms with Gasteiger partial charge in [-0.2, -0.15) is 17.0 Å². The highest BCUT2D eigenvalue weighted by atomic mass is 32.2. The van der Waals surface area contributed by atoms with E-state index in [1.807, 2.05) is 0 Å². The van der Waals surface area contributed by atoms with E-state index in [4.69, 9.17) is 0 Å². The lowest BCUT2D eigenvalue weighted by Crippen LogP contribution is -2.45. The molecule has 0 aromatic carbocycles. The zero-order valence-electron chi connectivity index (χ0n) is 13.1. The van der Waals surface area contributed by atoms with Crippen molar-refractivity contribution in [3.8, 4) is 10.6 Å². The Bertz CT molecular complexity index is 761. The summed E-state index contributed by atoms with van der Waals surface area (Å²) in [4.78, 5) is 14.0. The van der Waals surface area contributed by atoms with Crippen LogP contribution in [-0.4, -0.2) is 59.2 Å². The third-order valence-corrected chi connectivity index (χ3v) is 6.64. The van der Waals surface area contributed by atoms with Crippen LogP contribution in [0.3, 0.4) is 0 Å². The van der Waals surface area contributed by atoms with Gasteiger partial charge in [0.15, 0.2) is 0 Å². The summed E-state index contributed by atoms with van der Waals surface area (Å²) in [6.07, 6.45) is 6.82. The van der Waals surface area contributed by atoms with Gasteiger partial charge in [0.2, 0.25) is 0 Å². The van der Waals surface area contributed by atoms with E-state index < -0.39 is 10.2 Å². The molecule has 3 rings (SSSR count). The lowest BCUT2D eigenvalue weighted by molar-refractivity contribution is 0.296. The molecule has 0 aliphatic carbocycles. The summed E-state index contributed by atoms with van der Waals surface area (Å²) < 4.78 is 27.6. The Morgan fingerprint density at radius 3 is 2.78 bits per heavy atom. The minimum atomic E-state index is -3.40. The summed E-state index contributed by atoms with van der Waals surface area (Å²) in [5.41, 5.74) is 3.43. The van der Waals surface area contributed by atoms with Crippen LogP contribution in [0.15, 0.2) is 24.1 Å². The fourth-order valence-corrected chi connectivity index (χ4v) is 4.59. The molecule has 1 saturated heterocycles. The third kappa shape index (κ3) is 3.27. The van der Waals surface area contributed by atoms with E-state index in [0.717, 1.165) is 29.1 Å². The largest absolute Gasteiger partial charge is 0.281 e. The van der Waals surface area contributed by atoms with Crippen molar-refractivity contribution in [3.63, 3.8) is 0 Å². The second kappa shape index (κ2) is 6.60. The molecule has 9 heteroatoms. The molecular weight excluding hydrogens is 334 g/mol. The zero-order valence-corrected chi connectivity index (χ0v) is 14.7. The van der Waals surface area contributed by atoms with Gasteiger partial charge in [0, 0.05) is 51.7 Å². The normalized spacial score (nSPS) is 20.0. The molecule has 1 aliphatic rings. The Labute approximate surface area is 140 Å². The number of nitrogens with zero attached hydrogens (tertiary/aromatic N) is 5. The molecule has 2 aromatic rings. The van der Waals surface area contributed by atoms with Crippen LogP contribution in [0.25, 0.3) is 10.6 Å². The van der Waals surface area contributed by atoms with Gasteiger partial charge in [-0.1, -0.05) is 0 Å². The van der Waals surface area contributed by atoms with E-state index in [1.165, 1.54) is 19.9 Å². The number of hydrogen-bond donors (Lipinski definition) is 0. The van der Waals surface area contributed by atoms with Gasteiger partial charge in [0.1, 0.15) is 5.69 Å². The first-order valence-corrected chi connectivity index (χ1v) is 9.65. The van der Waals surface area contributed by atoms with Crippen LogP contribution in [0, 0.1) is 0 Å². The molecule has 7 nitrogen and oxygen atoms in total. The maximum atomic E-state index is 12.4. The van der Waals surface area contributed by atoms with Crippen molar-refractivity contribution in [3.05, 3.63) is 29.8 Å². The van der Waals surface area contributed by atoms with E-state index in [-0.39, 0.29) is 5.92 Å². The zero-order chi connectivity index (χ0) is 16.4. The van der Waals surface area contributed by atoms with E-state index >= 15 is 0 Å². The molecule has 0 amide bonds. The van der Waals surface area contributed by atoms with E-state index in [0.29, 0.717) is 13.1 Å². The number of rotatable bonds is 4. The quantitative estimate of drug-likeness (QED) is 0.834. The Balaban J connectivity index is 1.91. The SMILES string of the molecule is CN(C)S(=O)(=O)N1CCC[C@@H](c2nccnc2-c2cncs2)C1. The molecule has 1 atom stereocenters. The molecule has 0 radical (unpaired) electrons. The van der Waals surface area contributed by atoms with Gasteiger partial charge in [0.05, 0.1) is 16.1 Å². The van der Waals surface area contributed by atoms with Gasteiger partial charge in [-0.15, -0.1) is 11.3 Å². The second-order valence-electron chi connectivity index (χ2n) is 5.64. The van der Waals surface area contributed by atoms with Crippen LogP contribution >= 0.6 is 11.3 Å². The van der Waals surface area contributed by atoms with Gasteiger partial charge in [-0.05, 0) is 12.8 Å². The first-order valence-electron chi connectivity index (χ1n) is 7.37. The molecule has 0 N–H and O–H groups in total. The second-order valence-corrected chi connectivity index (χ2v) is 8.67. The van der Waals surface area contributed by atoms with Crippen molar-refractivity contribution < 1.29 is 8.42 Å². The van der Waals surface area contributed by atoms with Crippen molar-refractivity contribution in [1.82, 2.24) is 23.6 Å². The average Bonchev–Trinajstić information content (AvgIpc) is 3.09. The smallest absolute Gasteiger partial charge is 0.257 e. The monoisotopic (exact) mass is 353 g/mol. The maximum absolute atomic E-state index is 12.4. The number of hydrogen-bond acceptors (Lipinski definition) is 6. The minimum Gasteiger partial charge on any atom is -0.257 e. The summed E-state index contributed by atoms with van der Waals surface area (Å²) in [7, 11) is -0.280. The molecule has 0 unspecified atom stereocenters. The van der Waals surface area contributed by atoms with Crippen LogP contribution in [0.5, 0.6) is 0 Å². The highest BCUT2D eigenvalue weighted by Gasteiger charge is 2.33. The van der Waals surface area contributed by atoms with Crippen molar-refractivity contribution in [2.45, 2.75) is 18.8 Å². The summed E-state index contributed by atoms with van der Waals surface area (Å²) in [5, 5.41) is 0. The van der Waals surface area contributed by atoms with Crippen LogP contribution in [0.4, 0.5) is 0 Å². The Morgan fingerprint density at radius 1 is 1.30 bits per heavy atom. The van der Waals surface area contributed by atoms with Gasteiger partial charge in [0.25, 0.3) is 10.2 Å². The summed E-state index contributed by atoms with van der Waals surface area (Å²) >= 11 is 1.51. The number of thiazole rings is 1. The summed E-state index contributed by atoms with van der Waals surface area (Å²) in [5.74, 6) is 0.0456. The highest BCUT2D eigenvalue weighted by molar-refractivity contribution is 7.86. The predicted octanol–water partition coefficient (Wildman–Crippen LogP) is 1.59. The fourth-order valence-electron chi connectivity index (χ4n) is 2.78. The molecule has 23 heavy (non-hydrogen) atoms. The standard InChI is InChI=1S/C14H19N5O2S2/c1-18(2)23(20,21)19-7-3-4-11(9-19)13-14(17-6-5-16-13)12-8-15-10-22-12/h5-6,8,10-11H,3-4,7,9H2,1-2H3/t11-/m1/s1. The van der Waals surface area contributed by atoms with E-state index in [1.54, 1.807) is 38.2 Å². The number of piperidine rings is 1. The van der Waals surface area contributed by atoms with Crippen LogP contribution < -0.4 is 0 Å². The Hall–Kier alpha value is -1.42. The lowest BCUT2D eigenvalue weighted by atomic mass is 9.94. The topological polar surface area (TPSA) is 79.3 Å². The summed E-state index contributed by atoms with van der Waals surface area (Å²) in [6.45, 7) is 0.984. The van der Waals surface area contributed by atoms with Gasteiger partial charge >= 0.3 is 0 Å². The van der Waals surface area contributed by atoms with Crippen molar-refractivity contribution >= 4 is 21.5 Å². The van der Waals surface area contributed by atoms with Crippen molar-refractivity contribution in [2.75, 3.05) is 27.2 Å². The molecule has 1 aliphatic heterocycles. The van der Waals surface area contributed by atoms with Crippen molar-refractivity contribution in [1.29, 1.82) is 0 Å². The molecule has 3 heterocycles. The van der Waals surface area contributed by atoms with E-state index in [2.05, 4.69) is 15.0 Å². The molecule has 0 spiro atoms. The fraction of sp³-hybridized carbons (Fsp3) is 0.500. The number of aromatic nitrogens is 3. The molecule has 124 valence electrons. The average molecular weight is 353 g/mol. The van der Waals surface area contributed by atoms with Crippen LogP contribution in [-0.2, 0) is 10.2 Å². The molecule has 2 aromatic heterocycles. The minimum absolute atomic E-state index is 0.0456. The molecule has 0 bridgehead atoms. The first kappa shape index (κ1) is 16.4. The predicted molar refractivity (Wildman–Crippen MR) is 89.3 cm³/mol. The van der Waals surface area contributed by atoms with Crippen LogP contribution in [0.1, 0.15) is 24.5 Å². The van der Waals surface area contributed by atoms with Crippen LogP contribution in [0.2, 0.25) is 0 Å². The molecule has 1 fully saturated rings. The Morgan fingerprint density at radius 2 is 2.09 bits per heavy atom. The maximum Gasteiger partial charge on any atom is 0.281 e. The van der Waals surface area contributed by atoms with Crippen molar-refractivity contribution in [2.24, 2.45) is 0 Å².